The highest BCUT2D eigenvalue weighted by molar-refractivity contribution is 6.35. The minimum atomic E-state index is 0.353. The normalized spacial score (nSPS) is 20.4. The third-order valence-electron chi connectivity index (χ3n) is 7.03. The van der Waals surface area contributed by atoms with Gasteiger partial charge in [-0.3, -0.25) is 0 Å². The van der Waals surface area contributed by atoms with Crippen LogP contribution in [0.4, 0.5) is 0 Å². The number of rotatable bonds is 6. The zero-order valence-electron chi connectivity index (χ0n) is 18.7. The van der Waals surface area contributed by atoms with Gasteiger partial charge in [0.15, 0.2) is 0 Å². The molecule has 1 fully saturated rings. The topological polar surface area (TPSA) is 12.5 Å². The van der Waals surface area contributed by atoms with E-state index in [-0.39, 0.29) is 0 Å². The Morgan fingerprint density at radius 2 is 1.50 bits per heavy atom. The van der Waals surface area contributed by atoms with E-state index in [1.54, 1.807) is 11.1 Å². The molecular weight excluding hydrogens is 437 g/mol. The van der Waals surface area contributed by atoms with Crippen molar-refractivity contribution in [1.29, 1.82) is 0 Å². The fourth-order valence-electron chi connectivity index (χ4n) is 5.50. The molecular formula is C28H29Cl2NO. The molecule has 3 aromatic carbocycles. The number of fused-ring (bicyclic) bond motifs is 3. The van der Waals surface area contributed by atoms with Crippen LogP contribution in [0.2, 0.25) is 10.0 Å². The molecule has 3 aliphatic carbocycles. The fourth-order valence-corrected chi connectivity index (χ4v) is 6.00. The second-order valence-corrected chi connectivity index (χ2v) is 10.3. The second-order valence-electron chi connectivity index (χ2n) is 9.44. The van der Waals surface area contributed by atoms with E-state index in [1.807, 2.05) is 24.3 Å². The van der Waals surface area contributed by atoms with Gasteiger partial charge in [-0.1, -0.05) is 47.5 Å². The van der Waals surface area contributed by atoms with Gasteiger partial charge in [0.25, 0.3) is 0 Å². The first kappa shape index (κ1) is 21.8. The van der Waals surface area contributed by atoms with Crippen molar-refractivity contribution in [1.82, 2.24) is 4.90 Å². The Hall–Kier alpha value is -2.00. The van der Waals surface area contributed by atoms with Gasteiger partial charge in [0.1, 0.15) is 12.4 Å². The highest BCUT2D eigenvalue weighted by Crippen LogP contribution is 2.49. The van der Waals surface area contributed by atoms with Crippen LogP contribution in [0, 0.1) is 11.8 Å². The van der Waals surface area contributed by atoms with Crippen molar-refractivity contribution < 1.29 is 4.74 Å². The molecule has 3 aliphatic rings. The molecule has 0 amide bonds. The first-order chi connectivity index (χ1) is 15.5. The zero-order chi connectivity index (χ0) is 22.2. The average Bonchev–Trinajstić information content (AvgIpc) is 2.79. The van der Waals surface area contributed by atoms with E-state index in [2.05, 4.69) is 49.3 Å². The van der Waals surface area contributed by atoms with Crippen molar-refractivity contribution in [2.45, 2.75) is 32.3 Å². The third kappa shape index (κ3) is 4.29. The maximum Gasteiger partial charge on any atom is 0.120 e. The van der Waals surface area contributed by atoms with Gasteiger partial charge in [-0.15, -0.1) is 0 Å². The Morgan fingerprint density at radius 3 is 2.22 bits per heavy atom. The number of benzene rings is 3. The summed E-state index contributed by atoms with van der Waals surface area (Å²) >= 11 is 12.6. The van der Waals surface area contributed by atoms with Gasteiger partial charge in [-0.05, 0) is 109 Å². The smallest absolute Gasteiger partial charge is 0.120 e. The molecule has 2 bridgehead atoms. The van der Waals surface area contributed by atoms with Crippen LogP contribution in [0.15, 0.2) is 60.2 Å². The molecule has 0 atom stereocenters. The number of likely N-dealkylation sites (N-methyl/N-ethyl adjacent to an activating group) is 1. The molecule has 2 nitrogen and oxygen atoms in total. The minimum absolute atomic E-state index is 0.353. The Bertz CT molecular complexity index is 1160. The fraction of sp³-hybridized carbons (Fsp3) is 0.357. The Balaban J connectivity index is 1.43. The summed E-state index contributed by atoms with van der Waals surface area (Å²) in [6.45, 7) is 1.43. The van der Waals surface area contributed by atoms with Crippen molar-refractivity contribution in [2.75, 3.05) is 20.6 Å². The van der Waals surface area contributed by atoms with Crippen molar-refractivity contribution in [3.05, 3.63) is 81.3 Å². The first-order valence-electron chi connectivity index (χ1n) is 11.5. The molecule has 0 radical (unpaired) electrons. The molecule has 32 heavy (non-hydrogen) atoms. The number of allylic oxidation sites excluding steroid dienone is 1. The largest absolute Gasteiger partial charge is 0.489 e. The Labute approximate surface area is 200 Å². The number of hydrogen-bond donors (Lipinski definition) is 0. The van der Waals surface area contributed by atoms with Gasteiger partial charge in [-0.2, -0.15) is 0 Å². The summed E-state index contributed by atoms with van der Waals surface area (Å²) in [7, 11) is 4.37. The molecule has 3 aromatic rings. The summed E-state index contributed by atoms with van der Waals surface area (Å²) < 4.78 is 6.03. The van der Waals surface area contributed by atoms with Crippen LogP contribution in [0.3, 0.4) is 0 Å². The number of nitrogens with zero attached hydrogens (tertiary/aromatic N) is 1. The number of hydrogen-bond acceptors (Lipinski definition) is 2. The van der Waals surface area contributed by atoms with Crippen molar-refractivity contribution in [3.63, 3.8) is 0 Å². The standard InChI is InChI=1S/C28H29Cl2NO/c1-31(2)16-24-18-6-8-19(9-7-18)28(24)22-11-10-21-15-23(13-12-20(21)14-22)32-17-25-26(29)4-3-5-27(25)30/h3-5,10-15,18-19H,6-9,16-17H2,1-2H3. The maximum atomic E-state index is 6.28. The van der Waals surface area contributed by atoms with Gasteiger partial charge >= 0.3 is 0 Å². The summed E-state index contributed by atoms with van der Waals surface area (Å²) in [5, 5.41) is 3.70. The Morgan fingerprint density at radius 1 is 0.844 bits per heavy atom. The van der Waals surface area contributed by atoms with Crippen LogP contribution in [0.1, 0.15) is 36.8 Å². The van der Waals surface area contributed by atoms with Crippen LogP contribution in [-0.4, -0.2) is 25.5 Å². The van der Waals surface area contributed by atoms with Gasteiger partial charge in [0.05, 0.1) is 0 Å². The lowest BCUT2D eigenvalue weighted by Crippen LogP contribution is -2.31. The van der Waals surface area contributed by atoms with Crippen LogP contribution in [0.5, 0.6) is 5.75 Å². The number of ether oxygens (including phenoxy) is 1. The van der Waals surface area contributed by atoms with Gasteiger partial charge in [0.2, 0.25) is 0 Å². The van der Waals surface area contributed by atoms with Gasteiger partial charge in [0, 0.05) is 22.2 Å². The van der Waals surface area contributed by atoms with Crippen LogP contribution in [-0.2, 0) is 6.61 Å². The molecule has 0 aromatic heterocycles. The van der Waals surface area contributed by atoms with E-state index in [0.29, 0.717) is 16.7 Å². The van der Waals surface area contributed by atoms with Crippen molar-refractivity contribution >= 4 is 39.5 Å². The molecule has 0 spiro atoms. The summed E-state index contributed by atoms with van der Waals surface area (Å²) in [5.41, 5.74) is 5.52. The predicted octanol–water partition coefficient (Wildman–Crippen LogP) is 7.86. The number of halogens is 2. The lowest BCUT2D eigenvalue weighted by molar-refractivity contribution is 0.299. The van der Waals surface area contributed by atoms with E-state index in [9.17, 15) is 0 Å². The van der Waals surface area contributed by atoms with Crippen LogP contribution in [0.25, 0.3) is 16.3 Å². The van der Waals surface area contributed by atoms with Crippen LogP contribution < -0.4 is 4.74 Å². The van der Waals surface area contributed by atoms with E-state index < -0.39 is 0 Å². The molecule has 0 heterocycles. The molecule has 0 aliphatic heterocycles. The predicted molar refractivity (Wildman–Crippen MR) is 136 cm³/mol. The second kappa shape index (κ2) is 9.09. The Kier molecular flexibility index (Phi) is 6.20. The van der Waals surface area contributed by atoms with E-state index in [1.165, 1.54) is 42.0 Å². The van der Waals surface area contributed by atoms with Gasteiger partial charge in [-0.25, -0.2) is 0 Å². The summed E-state index contributed by atoms with van der Waals surface area (Å²) in [4.78, 5) is 2.33. The van der Waals surface area contributed by atoms with Crippen LogP contribution >= 0.6 is 23.2 Å². The van der Waals surface area contributed by atoms with Gasteiger partial charge < -0.3 is 9.64 Å². The van der Waals surface area contributed by atoms with Crippen molar-refractivity contribution in [3.8, 4) is 5.75 Å². The molecule has 166 valence electrons. The molecule has 0 saturated heterocycles. The lowest BCUT2D eigenvalue weighted by atomic mass is 9.65. The highest BCUT2D eigenvalue weighted by atomic mass is 35.5. The SMILES string of the molecule is CN(C)CC1=C(c2ccc3cc(OCc4c(Cl)cccc4Cl)ccc3c2)C2CCC1CC2. The third-order valence-corrected chi connectivity index (χ3v) is 7.74. The van der Waals surface area contributed by atoms with E-state index in [0.717, 1.165) is 29.7 Å². The van der Waals surface area contributed by atoms with Crippen molar-refractivity contribution in [2.24, 2.45) is 11.8 Å². The average molecular weight is 466 g/mol. The quantitative estimate of drug-likeness (QED) is 0.367. The minimum Gasteiger partial charge on any atom is -0.489 e. The zero-order valence-corrected chi connectivity index (χ0v) is 20.2. The first-order valence-corrected chi connectivity index (χ1v) is 12.2. The summed E-state index contributed by atoms with van der Waals surface area (Å²) in [6.07, 6.45) is 5.40. The summed E-state index contributed by atoms with van der Waals surface area (Å²) in [5.74, 6) is 2.31. The molecule has 6 rings (SSSR count). The highest BCUT2D eigenvalue weighted by Gasteiger charge is 2.35. The lowest BCUT2D eigenvalue weighted by Gasteiger charge is -2.41. The molecule has 0 N–H and O–H groups in total. The molecule has 4 heteroatoms. The van der Waals surface area contributed by atoms with E-state index in [4.69, 9.17) is 27.9 Å². The monoisotopic (exact) mass is 465 g/mol. The molecule has 1 saturated carbocycles. The van der Waals surface area contributed by atoms with E-state index >= 15 is 0 Å². The summed E-state index contributed by atoms with van der Waals surface area (Å²) in [6, 6.07) is 18.7. The molecule has 0 unspecified atom stereocenters. The maximum absolute atomic E-state index is 6.28.